The summed E-state index contributed by atoms with van der Waals surface area (Å²) in [6, 6.07) is 11.8. The molecule has 0 spiro atoms. The van der Waals surface area contributed by atoms with E-state index in [0.717, 1.165) is 16.8 Å². The topological polar surface area (TPSA) is 54.3 Å². The summed E-state index contributed by atoms with van der Waals surface area (Å²) in [5.74, 6) is 0.127. The maximum absolute atomic E-state index is 13.3. The molecule has 0 amide bonds. The van der Waals surface area contributed by atoms with E-state index in [1.807, 2.05) is 6.07 Å². The van der Waals surface area contributed by atoms with Gasteiger partial charge in [0.25, 0.3) is 0 Å². The van der Waals surface area contributed by atoms with Crippen molar-refractivity contribution in [1.29, 1.82) is 0 Å². The van der Waals surface area contributed by atoms with Gasteiger partial charge in [0.15, 0.2) is 0 Å². The Balaban J connectivity index is 1.61. The molecule has 0 unspecified atom stereocenters. The van der Waals surface area contributed by atoms with Crippen LogP contribution >= 0.6 is 23.2 Å². The third kappa shape index (κ3) is 7.71. The number of hydrogen-bond acceptors (Lipinski definition) is 5. The molecule has 2 aromatic rings. The largest absolute Gasteiger partial charge is 0.390 e. The highest BCUT2D eigenvalue weighted by Gasteiger charge is 2.26. The Bertz CT molecular complexity index is 909. The lowest BCUT2D eigenvalue weighted by Gasteiger charge is -2.27. The molecular formula is C24H29Cl2FN2O3. The van der Waals surface area contributed by atoms with Crippen molar-refractivity contribution < 1.29 is 19.1 Å². The van der Waals surface area contributed by atoms with Gasteiger partial charge in [-0.15, -0.1) is 0 Å². The molecule has 32 heavy (non-hydrogen) atoms. The fourth-order valence-electron chi connectivity index (χ4n) is 3.50. The van der Waals surface area contributed by atoms with Gasteiger partial charge in [0.05, 0.1) is 28.5 Å². The first-order valence-electron chi connectivity index (χ1n) is 10.7. The summed E-state index contributed by atoms with van der Waals surface area (Å²) in [6.45, 7) is 6.48. The summed E-state index contributed by atoms with van der Waals surface area (Å²) in [7, 11) is 0. The average Bonchev–Trinajstić information content (AvgIpc) is 3.20. The monoisotopic (exact) mass is 482 g/mol. The summed E-state index contributed by atoms with van der Waals surface area (Å²) in [5, 5.41) is 15.7. The van der Waals surface area contributed by atoms with Crippen LogP contribution in [-0.4, -0.2) is 54.2 Å². The molecule has 2 atom stereocenters. The van der Waals surface area contributed by atoms with E-state index in [0.29, 0.717) is 48.6 Å². The van der Waals surface area contributed by atoms with E-state index in [2.05, 4.69) is 23.9 Å². The number of aliphatic hydroxyl groups is 1. The number of benzene rings is 2. The van der Waals surface area contributed by atoms with Crippen LogP contribution in [0.1, 0.15) is 31.4 Å². The van der Waals surface area contributed by atoms with E-state index >= 15 is 0 Å². The maximum atomic E-state index is 13.3. The Hall–Kier alpha value is -1.70. The van der Waals surface area contributed by atoms with Crippen LogP contribution in [0.3, 0.4) is 0 Å². The quantitative estimate of drug-likeness (QED) is 0.480. The lowest BCUT2D eigenvalue weighted by molar-refractivity contribution is -0.00734. The molecule has 0 aromatic heterocycles. The third-order valence-electron chi connectivity index (χ3n) is 5.00. The molecule has 3 rings (SSSR count). The van der Waals surface area contributed by atoms with E-state index < -0.39 is 6.10 Å². The molecule has 174 valence electrons. The Morgan fingerprint density at radius 1 is 1.16 bits per heavy atom. The molecule has 1 aliphatic rings. The number of ether oxygens (including phenoxy) is 1. The van der Waals surface area contributed by atoms with Crippen LogP contribution in [0.15, 0.2) is 47.6 Å². The van der Waals surface area contributed by atoms with Crippen molar-refractivity contribution in [3.05, 3.63) is 69.5 Å². The summed E-state index contributed by atoms with van der Waals surface area (Å²) in [6.07, 6.45) is -0.215. The van der Waals surface area contributed by atoms with Crippen molar-refractivity contribution in [1.82, 2.24) is 4.90 Å². The Labute approximate surface area is 198 Å². The van der Waals surface area contributed by atoms with Gasteiger partial charge in [0.2, 0.25) is 0 Å². The number of rotatable bonds is 11. The van der Waals surface area contributed by atoms with E-state index in [4.69, 9.17) is 32.8 Å². The summed E-state index contributed by atoms with van der Waals surface area (Å²) in [4.78, 5) is 7.75. The second-order valence-electron chi connectivity index (χ2n) is 8.50. The first-order valence-corrected chi connectivity index (χ1v) is 11.5. The van der Waals surface area contributed by atoms with Gasteiger partial charge in [-0.1, -0.05) is 60.4 Å². The van der Waals surface area contributed by atoms with E-state index in [1.54, 1.807) is 24.3 Å². The number of halogens is 3. The predicted molar refractivity (Wildman–Crippen MR) is 126 cm³/mol. The highest BCUT2D eigenvalue weighted by molar-refractivity contribution is 6.42. The van der Waals surface area contributed by atoms with Gasteiger partial charge in [0, 0.05) is 38.2 Å². The molecule has 1 aliphatic heterocycles. The van der Waals surface area contributed by atoms with Crippen molar-refractivity contribution in [2.24, 2.45) is 11.1 Å². The summed E-state index contributed by atoms with van der Waals surface area (Å²) >= 11 is 12.1. The van der Waals surface area contributed by atoms with Crippen LogP contribution in [0.5, 0.6) is 0 Å². The molecular weight excluding hydrogens is 454 g/mol. The van der Waals surface area contributed by atoms with Gasteiger partial charge in [-0.05, 0) is 35.7 Å². The van der Waals surface area contributed by atoms with Crippen molar-refractivity contribution in [2.45, 2.75) is 39.0 Å². The predicted octanol–water partition coefficient (Wildman–Crippen LogP) is 5.16. The highest BCUT2D eigenvalue weighted by atomic mass is 35.5. The minimum absolute atomic E-state index is 0.177. The lowest BCUT2D eigenvalue weighted by Crippen LogP contribution is -2.39. The Morgan fingerprint density at radius 2 is 1.91 bits per heavy atom. The Kier molecular flexibility index (Phi) is 9.32. The standard InChI is InChI=1S/C24H29Cl2FN2O3/c1-16(2)14-31-15-20(30)12-29(11-17-3-6-19(27)7-4-17)13-21-10-24(28-32-21)18-5-8-22(25)23(26)9-18/h3-9,16,20-21,30H,10-15H2,1-2H3/t20-,21-/m0/s1. The molecule has 0 saturated carbocycles. The van der Waals surface area contributed by atoms with Crippen LogP contribution in [0.2, 0.25) is 10.0 Å². The molecule has 5 nitrogen and oxygen atoms in total. The van der Waals surface area contributed by atoms with Crippen LogP contribution in [-0.2, 0) is 16.1 Å². The molecule has 0 saturated heterocycles. The fourth-order valence-corrected chi connectivity index (χ4v) is 3.80. The first-order chi connectivity index (χ1) is 15.3. The zero-order chi connectivity index (χ0) is 23.1. The fraction of sp³-hybridized carbons (Fsp3) is 0.458. The van der Waals surface area contributed by atoms with Crippen molar-refractivity contribution in [2.75, 3.05) is 26.3 Å². The zero-order valence-electron chi connectivity index (χ0n) is 18.3. The van der Waals surface area contributed by atoms with E-state index in [9.17, 15) is 9.50 Å². The van der Waals surface area contributed by atoms with Gasteiger partial charge in [-0.25, -0.2) is 4.39 Å². The van der Waals surface area contributed by atoms with Crippen molar-refractivity contribution in [3.8, 4) is 0 Å². The van der Waals surface area contributed by atoms with Crippen molar-refractivity contribution >= 4 is 28.9 Å². The van der Waals surface area contributed by atoms with Gasteiger partial charge in [-0.3, -0.25) is 4.90 Å². The van der Waals surface area contributed by atoms with Gasteiger partial charge in [-0.2, -0.15) is 0 Å². The highest BCUT2D eigenvalue weighted by Crippen LogP contribution is 2.26. The molecule has 1 heterocycles. The maximum Gasteiger partial charge on any atom is 0.145 e. The molecule has 8 heteroatoms. The molecule has 0 radical (unpaired) electrons. The van der Waals surface area contributed by atoms with Crippen LogP contribution in [0.4, 0.5) is 4.39 Å². The normalized spacial score (nSPS) is 17.0. The Morgan fingerprint density at radius 3 is 2.59 bits per heavy atom. The summed E-state index contributed by atoms with van der Waals surface area (Å²) < 4.78 is 18.9. The minimum atomic E-state index is -0.647. The number of oxime groups is 1. The van der Waals surface area contributed by atoms with E-state index in [1.165, 1.54) is 12.1 Å². The summed E-state index contributed by atoms with van der Waals surface area (Å²) in [5.41, 5.74) is 2.62. The van der Waals surface area contributed by atoms with Crippen molar-refractivity contribution in [3.63, 3.8) is 0 Å². The molecule has 1 N–H and O–H groups in total. The SMILES string of the molecule is CC(C)COC[C@@H](O)CN(Cc1ccc(F)cc1)C[C@@H]1CC(c2ccc(Cl)c(Cl)c2)=NO1. The average molecular weight is 483 g/mol. The van der Waals surface area contributed by atoms with Crippen LogP contribution in [0, 0.1) is 11.7 Å². The molecule has 0 aliphatic carbocycles. The molecule has 2 aromatic carbocycles. The van der Waals surface area contributed by atoms with Crippen LogP contribution in [0.25, 0.3) is 0 Å². The minimum Gasteiger partial charge on any atom is -0.390 e. The van der Waals surface area contributed by atoms with Gasteiger partial charge >= 0.3 is 0 Å². The third-order valence-corrected chi connectivity index (χ3v) is 5.74. The lowest BCUT2D eigenvalue weighted by atomic mass is 10.0. The second kappa shape index (κ2) is 12.0. The smallest absolute Gasteiger partial charge is 0.145 e. The molecule has 0 fully saturated rings. The van der Waals surface area contributed by atoms with Crippen LogP contribution < -0.4 is 0 Å². The van der Waals surface area contributed by atoms with E-state index in [-0.39, 0.29) is 18.5 Å². The zero-order valence-corrected chi connectivity index (χ0v) is 19.8. The number of aliphatic hydroxyl groups excluding tert-OH is 1. The number of nitrogens with zero attached hydrogens (tertiary/aromatic N) is 2. The second-order valence-corrected chi connectivity index (χ2v) is 9.32. The van der Waals surface area contributed by atoms with Gasteiger partial charge < -0.3 is 14.7 Å². The number of hydrogen-bond donors (Lipinski definition) is 1. The van der Waals surface area contributed by atoms with Gasteiger partial charge in [0.1, 0.15) is 11.9 Å². The molecule has 0 bridgehead atoms. The first kappa shape index (κ1) is 24.9.